The van der Waals surface area contributed by atoms with Gasteiger partial charge in [-0.05, 0) is 49.3 Å². The molecule has 174 valence electrons. The molecule has 1 saturated heterocycles. The molecule has 5 rings (SSSR count). The molecular weight excluding hydrogens is 448 g/mol. The number of carbonyl (C=O) groups excluding carboxylic acids is 1. The SMILES string of the molecule is Cn1ncc(NC(=O)c2csc(-c3cc(C4CC4)ccc3F)n2)c1[C@@H]1CC[C@@H](N)[C@H](F)CO1. The summed E-state index contributed by atoms with van der Waals surface area (Å²) in [4.78, 5) is 17.3. The number of aromatic nitrogens is 3. The zero-order chi connectivity index (χ0) is 23.1. The Kier molecular flexibility index (Phi) is 5.98. The van der Waals surface area contributed by atoms with Crippen LogP contribution >= 0.6 is 11.3 Å². The largest absolute Gasteiger partial charge is 0.369 e. The molecule has 7 nitrogen and oxygen atoms in total. The summed E-state index contributed by atoms with van der Waals surface area (Å²) >= 11 is 1.22. The molecule has 1 aromatic carbocycles. The monoisotopic (exact) mass is 473 g/mol. The van der Waals surface area contributed by atoms with Crippen LogP contribution < -0.4 is 11.1 Å². The minimum Gasteiger partial charge on any atom is -0.369 e. The van der Waals surface area contributed by atoms with Crippen LogP contribution in [0.5, 0.6) is 0 Å². The zero-order valence-corrected chi connectivity index (χ0v) is 18.9. The van der Waals surface area contributed by atoms with E-state index in [0.717, 1.165) is 18.4 Å². The van der Waals surface area contributed by atoms with E-state index in [0.29, 0.717) is 40.7 Å². The molecule has 0 radical (unpaired) electrons. The van der Waals surface area contributed by atoms with Crippen LogP contribution in [0.3, 0.4) is 0 Å². The van der Waals surface area contributed by atoms with Gasteiger partial charge in [-0.2, -0.15) is 5.10 Å². The number of hydrogen-bond donors (Lipinski definition) is 2. The summed E-state index contributed by atoms with van der Waals surface area (Å²) in [6.45, 7) is -0.106. The number of rotatable bonds is 5. The van der Waals surface area contributed by atoms with Gasteiger partial charge in [0.05, 0.1) is 24.2 Å². The van der Waals surface area contributed by atoms with Crippen molar-refractivity contribution in [2.45, 2.75) is 49.9 Å². The molecule has 1 saturated carbocycles. The fourth-order valence-corrected chi connectivity index (χ4v) is 4.96. The molecule has 3 N–H and O–H groups in total. The molecule has 1 amide bonds. The number of nitrogens with one attached hydrogen (secondary N) is 1. The Bertz CT molecular complexity index is 1160. The number of anilines is 1. The quantitative estimate of drug-likeness (QED) is 0.575. The highest BCUT2D eigenvalue weighted by atomic mass is 32.1. The third kappa shape index (κ3) is 4.55. The van der Waals surface area contributed by atoms with E-state index in [1.807, 2.05) is 12.1 Å². The van der Waals surface area contributed by atoms with E-state index in [1.165, 1.54) is 23.6 Å². The Morgan fingerprint density at radius 1 is 1.30 bits per heavy atom. The molecule has 2 fully saturated rings. The maximum absolute atomic E-state index is 14.5. The Morgan fingerprint density at radius 3 is 2.91 bits per heavy atom. The lowest BCUT2D eigenvalue weighted by molar-refractivity contribution is 0.0247. The van der Waals surface area contributed by atoms with Gasteiger partial charge in [0.25, 0.3) is 5.91 Å². The van der Waals surface area contributed by atoms with Gasteiger partial charge in [-0.3, -0.25) is 9.48 Å². The van der Waals surface area contributed by atoms with E-state index < -0.39 is 24.2 Å². The summed E-state index contributed by atoms with van der Waals surface area (Å²) in [5.41, 5.74) is 8.65. The van der Waals surface area contributed by atoms with Gasteiger partial charge in [-0.1, -0.05) is 6.07 Å². The molecule has 3 heterocycles. The van der Waals surface area contributed by atoms with Crippen molar-refractivity contribution >= 4 is 22.9 Å². The van der Waals surface area contributed by atoms with Gasteiger partial charge >= 0.3 is 0 Å². The Morgan fingerprint density at radius 2 is 2.12 bits per heavy atom. The van der Waals surface area contributed by atoms with Crippen LogP contribution in [-0.2, 0) is 11.8 Å². The average Bonchev–Trinajstić information content (AvgIpc) is 3.47. The molecule has 1 aliphatic heterocycles. The lowest BCUT2D eigenvalue weighted by atomic mass is 10.0. The number of amides is 1. The number of thiazole rings is 1. The molecule has 1 aliphatic carbocycles. The first-order valence-electron chi connectivity index (χ1n) is 11.0. The molecule has 3 atom stereocenters. The van der Waals surface area contributed by atoms with Gasteiger partial charge in [0.15, 0.2) is 0 Å². The second-order valence-electron chi connectivity index (χ2n) is 8.65. The number of nitrogens with zero attached hydrogens (tertiary/aromatic N) is 3. The topological polar surface area (TPSA) is 95.1 Å². The number of hydrogen-bond acceptors (Lipinski definition) is 6. The molecular formula is C23H25F2N5O2S. The number of carbonyl (C=O) groups is 1. The normalized spacial score (nSPS) is 23.3. The van der Waals surface area contributed by atoms with Crippen molar-refractivity contribution in [1.82, 2.24) is 14.8 Å². The van der Waals surface area contributed by atoms with E-state index in [-0.39, 0.29) is 18.1 Å². The van der Waals surface area contributed by atoms with E-state index in [4.69, 9.17) is 10.5 Å². The number of halogens is 2. The lowest BCUT2D eigenvalue weighted by Crippen LogP contribution is -2.32. The van der Waals surface area contributed by atoms with Crippen LogP contribution in [0.2, 0.25) is 0 Å². The van der Waals surface area contributed by atoms with Crippen LogP contribution in [0, 0.1) is 5.82 Å². The van der Waals surface area contributed by atoms with E-state index in [9.17, 15) is 13.6 Å². The number of aryl methyl sites for hydroxylation is 1. The minimum atomic E-state index is -1.23. The van der Waals surface area contributed by atoms with Gasteiger partial charge < -0.3 is 15.8 Å². The average molecular weight is 474 g/mol. The zero-order valence-electron chi connectivity index (χ0n) is 18.1. The number of ether oxygens (including phenoxy) is 1. The number of nitrogens with two attached hydrogens (primary N) is 1. The molecule has 33 heavy (non-hydrogen) atoms. The Balaban J connectivity index is 1.35. The second-order valence-corrected chi connectivity index (χ2v) is 9.51. The third-order valence-corrected chi connectivity index (χ3v) is 7.10. The van der Waals surface area contributed by atoms with Crippen molar-refractivity contribution in [3.05, 3.63) is 52.5 Å². The van der Waals surface area contributed by atoms with Gasteiger partial charge in [-0.25, -0.2) is 13.8 Å². The number of alkyl halides is 1. The first-order chi connectivity index (χ1) is 15.9. The van der Waals surface area contributed by atoms with E-state index >= 15 is 0 Å². The molecule has 0 bridgehead atoms. The van der Waals surface area contributed by atoms with Gasteiger partial charge in [0.1, 0.15) is 28.8 Å². The van der Waals surface area contributed by atoms with Crippen molar-refractivity contribution in [2.24, 2.45) is 12.8 Å². The molecule has 0 spiro atoms. The highest BCUT2D eigenvalue weighted by Crippen LogP contribution is 2.42. The first kappa shape index (κ1) is 22.1. The van der Waals surface area contributed by atoms with Gasteiger partial charge in [0.2, 0.25) is 0 Å². The molecule has 0 unspecified atom stereocenters. The second kappa shape index (κ2) is 8.92. The highest BCUT2D eigenvalue weighted by molar-refractivity contribution is 7.13. The molecule has 2 aromatic heterocycles. The molecule has 2 aliphatic rings. The van der Waals surface area contributed by atoms with Crippen molar-refractivity contribution in [1.29, 1.82) is 0 Å². The Labute approximate surface area is 194 Å². The summed E-state index contributed by atoms with van der Waals surface area (Å²) in [5.74, 6) is -0.297. The van der Waals surface area contributed by atoms with E-state index in [2.05, 4.69) is 15.4 Å². The van der Waals surface area contributed by atoms with Crippen LogP contribution in [-0.4, -0.2) is 39.5 Å². The van der Waals surface area contributed by atoms with Gasteiger partial charge in [0, 0.05) is 24.0 Å². The maximum Gasteiger partial charge on any atom is 0.275 e. The lowest BCUT2D eigenvalue weighted by Gasteiger charge is -2.17. The first-order valence-corrected chi connectivity index (χ1v) is 11.9. The highest BCUT2D eigenvalue weighted by Gasteiger charge is 2.30. The van der Waals surface area contributed by atoms with Crippen LogP contribution in [0.25, 0.3) is 10.6 Å². The van der Waals surface area contributed by atoms with Crippen LogP contribution in [0.1, 0.15) is 59.5 Å². The molecule has 3 aromatic rings. The summed E-state index contributed by atoms with van der Waals surface area (Å²) in [5, 5.41) is 9.13. The third-order valence-electron chi connectivity index (χ3n) is 6.23. The van der Waals surface area contributed by atoms with Crippen molar-refractivity contribution in [3.8, 4) is 10.6 Å². The van der Waals surface area contributed by atoms with Crippen molar-refractivity contribution < 1.29 is 18.3 Å². The smallest absolute Gasteiger partial charge is 0.275 e. The van der Waals surface area contributed by atoms with Crippen molar-refractivity contribution in [3.63, 3.8) is 0 Å². The predicted molar refractivity (Wildman–Crippen MR) is 121 cm³/mol. The van der Waals surface area contributed by atoms with Crippen molar-refractivity contribution in [2.75, 3.05) is 11.9 Å². The van der Waals surface area contributed by atoms with E-state index in [1.54, 1.807) is 17.1 Å². The fraction of sp³-hybridized carbons (Fsp3) is 0.435. The number of benzene rings is 1. The molecule has 10 heteroatoms. The predicted octanol–water partition coefficient (Wildman–Crippen LogP) is 4.33. The standard InChI is InChI=1S/C23H25F2N5O2S/c1-30-21(20-7-6-17(26)16(25)10-32-20)18(9-27-30)28-22(31)19-11-33-23(29-19)14-8-13(12-2-3-12)4-5-15(14)24/h4-5,8-9,11-12,16-17,20H,2-3,6-7,10,26H2,1H3,(H,28,31)/t16-,17-,20+/m1/s1. The minimum absolute atomic E-state index is 0.106. The summed E-state index contributed by atoms with van der Waals surface area (Å²) in [7, 11) is 1.74. The van der Waals surface area contributed by atoms with Crippen LogP contribution in [0.15, 0.2) is 29.8 Å². The summed E-state index contributed by atoms with van der Waals surface area (Å²) < 4.78 is 35.7. The summed E-state index contributed by atoms with van der Waals surface area (Å²) in [6, 6.07) is 4.54. The Hall–Kier alpha value is -2.69. The van der Waals surface area contributed by atoms with Gasteiger partial charge in [-0.15, -0.1) is 11.3 Å². The maximum atomic E-state index is 14.5. The fourth-order valence-electron chi connectivity index (χ4n) is 4.15. The summed E-state index contributed by atoms with van der Waals surface area (Å²) in [6.07, 6.45) is 3.07. The van der Waals surface area contributed by atoms with Crippen LogP contribution in [0.4, 0.5) is 14.5 Å².